The van der Waals surface area contributed by atoms with E-state index in [1.807, 2.05) is 0 Å². The van der Waals surface area contributed by atoms with Crippen molar-refractivity contribution < 1.29 is 24.6 Å². The van der Waals surface area contributed by atoms with Crippen LogP contribution in [0, 0.1) is 0 Å². The third-order valence-corrected chi connectivity index (χ3v) is 1.45. The molecule has 1 aromatic heterocycles. The highest BCUT2D eigenvalue weighted by molar-refractivity contribution is 6.41. The second-order valence-corrected chi connectivity index (χ2v) is 2.34. The van der Waals surface area contributed by atoms with E-state index in [0.717, 1.165) is 6.07 Å². The molecule has 6 nitrogen and oxygen atoms in total. The fourth-order valence-corrected chi connectivity index (χ4v) is 0.874. The van der Waals surface area contributed by atoms with Crippen LogP contribution in [0.4, 0.5) is 0 Å². The Labute approximate surface area is 77.8 Å². The number of hydrogen-bond donors (Lipinski definition) is 2. The highest BCUT2D eigenvalue weighted by Gasteiger charge is 2.22. The molecule has 0 fully saturated rings. The van der Waals surface area contributed by atoms with Crippen LogP contribution in [-0.2, 0) is 4.79 Å². The molecule has 1 aromatic rings. The Morgan fingerprint density at radius 1 is 1.21 bits per heavy atom. The van der Waals surface area contributed by atoms with E-state index in [1.165, 1.54) is 12.3 Å². The van der Waals surface area contributed by atoms with Gasteiger partial charge >= 0.3 is 11.9 Å². The van der Waals surface area contributed by atoms with Gasteiger partial charge in [-0.25, -0.2) is 14.6 Å². The molecule has 2 N–H and O–H groups in total. The second-order valence-electron chi connectivity index (χ2n) is 2.34. The summed E-state index contributed by atoms with van der Waals surface area (Å²) in [5, 5.41) is 17.0. The molecule has 6 heteroatoms. The van der Waals surface area contributed by atoms with Crippen LogP contribution in [0.1, 0.15) is 20.8 Å². The number of carbonyl (C=O) groups excluding carboxylic acids is 1. The summed E-state index contributed by atoms with van der Waals surface area (Å²) in [6.07, 6.45) is 1.17. The van der Waals surface area contributed by atoms with Crippen LogP contribution in [0.3, 0.4) is 0 Å². The molecule has 0 spiro atoms. The Hall–Kier alpha value is -2.24. The summed E-state index contributed by atoms with van der Waals surface area (Å²) in [7, 11) is 0. The smallest absolute Gasteiger partial charge is 0.377 e. The number of carbonyl (C=O) groups is 3. The van der Waals surface area contributed by atoms with Crippen LogP contribution < -0.4 is 0 Å². The lowest BCUT2D eigenvalue weighted by molar-refractivity contribution is -0.131. The van der Waals surface area contributed by atoms with Crippen molar-refractivity contribution in [1.29, 1.82) is 0 Å². The van der Waals surface area contributed by atoms with Crippen LogP contribution in [0.25, 0.3) is 0 Å². The van der Waals surface area contributed by atoms with Crippen LogP contribution in [0.15, 0.2) is 18.3 Å². The summed E-state index contributed by atoms with van der Waals surface area (Å²) in [5.74, 6) is -4.42. The Kier molecular flexibility index (Phi) is 2.57. The minimum absolute atomic E-state index is 0.424. The Balaban J connectivity index is 3.27. The lowest BCUT2D eigenvalue weighted by atomic mass is 10.1. The van der Waals surface area contributed by atoms with Gasteiger partial charge in [0.25, 0.3) is 5.78 Å². The molecule has 0 amide bonds. The molecule has 0 aliphatic heterocycles. The zero-order valence-corrected chi connectivity index (χ0v) is 6.80. The Morgan fingerprint density at radius 2 is 1.86 bits per heavy atom. The first-order valence-electron chi connectivity index (χ1n) is 3.50. The van der Waals surface area contributed by atoms with Crippen molar-refractivity contribution in [3.63, 3.8) is 0 Å². The quantitative estimate of drug-likeness (QED) is 0.521. The predicted octanol–water partition coefficient (Wildman–Crippen LogP) is 0.0471. The average Bonchev–Trinajstić information content (AvgIpc) is 2.16. The van der Waals surface area contributed by atoms with E-state index in [1.54, 1.807) is 0 Å². The number of carboxylic acid groups (broad SMARTS) is 2. The van der Waals surface area contributed by atoms with Crippen molar-refractivity contribution in [3.05, 3.63) is 29.6 Å². The SMILES string of the molecule is O=C(O)C(=O)c1cccnc1C(=O)O. The third-order valence-electron chi connectivity index (χ3n) is 1.45. The summed E-state index contributed by atoms with van der Waals surface area (Å²) >= 11 is 0. The van der Waals surface area contributed by atoms with Crippen LogP contribution in [-0.4, -0.2) is 32.9 Å². The van der Waals surface area contributed by atoms with Crippen molar-refractivity contribution in [2.75, 3.05) is 0 Å². The van der Waals surface area contributed by atoms with Gasteiger partial charge in [0, 0.05) is 6.20 Å². The maximum atomic E-state index is 11.0. The molecule has 72 valence electrons. The van der Waals surface area contributed by atoms with Crippen LogP contribution in [0.5, 0.6) is 0 Å². The number of rotatable bonds is 3. The number of aromatic carboxylic acids is 1. The first-order chi connectivity index (χ1) is 6.54. The lowest BCUT2D eigenvalue weighted by Crippen LogP contribution is -2.17. The molecule has 0 aliphatic rings. The van der Waals surface area contributed by atoms with Crippen LogP contribution >= 0.6 is 0 Å². The van der Waals surface area contributed by atoms with E-state index in [4.69, 9.17) is 10.2 Å². The molecule has 0 atom stereocenters. The van der Waals surface area contributed by atoms with Gasteiger partial charge in [-0.3, -0.25) is 4.79 Å². The minimum Gasteiger partial charge on any atom is -0.476 e. The van der Waals surface area contributed by atoms with E-state index in [2.05, 4.69) is 4.98 Å². The van der Waals surface area contributed by atoms with Gasteiger partial charge in [-0.2, -0.15) is 0 Å². The minimum atomic E-state index is -1.71. The van der Waals surface area contributed by atoms with E-state index in [-0.39, 0.29) is 0 Å². The standard InChI is InChI=1S/C8H5NO5/c10-6(8(13)14)4-2-1-3-9-5(4)7(11)12/h1-3H,(H,11,12)(H,13,14). The summed E-state index contributed by atoms with van der Waals surface area (Å²) < 4.78 is 0. The fourth-order valence-electron chi connectivity index (χ4n) is 0.874. The van der Waals surface area contributed by atoms with E-state index in [9.17, 15) is 14.4 Å². The number of aliphatic carboxylic acids is 1. The number of carboxylic acids is 2. The molecular formula is C8H5NO5. The van der Waals surface area contributed by atoms with E-state index in [0.29, 0.717) is 0 Å². The zero-order chi connectivity index (χ0) is 10.7. The first-order valence-corrected chi connectivity index (χ1v) is 3.50. The molecule has 0 saturated heterocycles. The Morgan fingerprint density at radius 3 is 2.36 bits per heavy atom. The summed E-state index contributed by atoms with van der Waals surface area (Å²) in [6.45, 7) is 0. The second kappa shape index (κ2) is 3.65. The molecule has 1 rings (SSSR count). The normalized spacial score (nSPS) is 9.43. The van der Waals surface area contributed by atoms with Crippen molar-refractivity contribution in [3.8, 4) is 0 Å². The van der Waals surface area contributed by atoms with Gasteiger partial charge in [-0.1, -0.05) is 0 Å². The topological polar surface area (TPSA) is 105 Å². The Bertz CT molecular complexity index is 412. The van der Waals surface area contributed by atoms with Crippen molar-refractivity contribution in [2.45, 2.75) is 0 Å². The lowest BCUT2D eigenvalue weighted by Gasteiger charge is -1.99. The summed E-state index contributed by atoms with van der Waals surface area (Å²) in [4.78, 5) is 35.2. The first kappa shape index (κ1) is 9.85. The summed E-state index contributed by atoms with van der Waals surface area (Å²) in [6, 6.07) is 2.40. The average molecular weight is 195 g/mol. The maximum absolute atomic E-state index is 11.0. The van der Waals surface area contributed by atoms with Crippen molar-refractivity contribution in [1.82, 2.24) is 4.98 Å². The number of pyridine rings is 1. The molecular weight excluding hydrogens is 190 g/mol. The monoisotopic (exact) mass is 195 g/mol. The molecule has 0 aromatic carbocycles. The van der Waals surface area contributed by atoms with Crippen molar-refractivity contribution in [2.24, 2.45) is 0 Å². The molecule has 0 unspecified atom stereocenters. The van der Waals surface area contributed by atoms with Crippen LogP contribution in [0.2, 0.25) is 0 Å². The molecule has 0 radical (unpaired) electrons. The van der Waals surface area contributed by atoms with Gasteiger partial charge in [0.15, 0.2) is 5.69 Å². The molecule has 1 heterocycles. The van der Waals surface area contributed by atoms with E-state index < -0.39 is 29.0 Å². The van der Waals surface area contributed by atoms with Gasteiger partial charge < -0.3 is 10.2 Å². The van der Waals surface area contributed by atoms with Gasteiger partial charge in [-0.15, -0.1) is 0 Å². The predicted molar refractivity (Wildman–Crippen MR) is 43.2 cm³/mol. The number of aromatic nitrogens is 1. The van der Waals surface area contributed by atoms with Gasteiger partial charge in [0.05, 0.1) is 5.56 Å². The largest absolute Gasteiger partial charge is 0.476 e. The van der Waals surface area contributed by atoms with E-state index >= 15 is 0 Å². The zero-order valence-electron chi connectivity index (χ0n) is 6.80. The molecule has 0 aliphatic carbocycles. The van der Waals surface area contributed by atoms with Gasteiger partial charge in [0.1, 0.15) is 0 Å². The molecule has 0 bridgehead atoms. The highest BCUT2D eigenvalue weighted by Crippen LogP contribution is 2.06. The van der Waals surface area contributed by atoms with Gasteiger partial charge in [-0.05, 0) is 12.1 Å². The molecule has 0 saturated carbocycles. The highest BCUT2D eigenvalue weighted by atomic mass is 16.4. The summed E-state index contributed by atoms with van der Waals surface area (Å²) in [5.41, 5.74) is -0.979. The van der Waals surface area contributed by atoms with Gasteiger partial charge in [0.2, 0.25) is 0 Å². The molecule has 14 heavy (non-hydrogen) atoms. The van der Waals surface area contributed by atoms with Crippen molar-refractivity contribution >= 4 is 17.7 Å². The number of nitrogens with zero attached hydrogens (tertiary/aromatic N) is 1. The number of Topliss-reactive ketones (excluding diaryl/α,β-unsaturated/α-hetero) is 1. The number of ketones is 1. The third kappa shape index (κ3) is 1.74. The fraction of sp³-hybridized carbons (Fsp3) is 0. The number of hydrogen-bond acceptors (Lipinski definition) is 4. The maximum Gasteiger partial charge on any atom is 0.377 e.